The van der Waals surface area contributed by atoms with E-state index in [1.165, 1.54) is 0 Å². The van der Waals surface area contributed by atoms with Gasteiger partial charge < -0.3 is 15.4 Å². The number of ether oxygens (including phenoxy) is 1. The molecule has 0 aliphatic heterocycles. The molecule has 23 heavy (non-hydrogen) atoms. The van der Waals surface area contributed by atoms with E-state index < -0.39 is 0 Å². The minimum atomic E-state index is -0.0196. The van der Waals surface area contributed by atoms with Crippen molar-refractivity contribution in [3.8, 4) is 5.75 Å². The van der Waals surface area contributed by atoms with E-state index in [9.17, 15) is 4.79 Å². The number of benzene rings is 2. The molecule has 1 amide bonds. The molecule has 2 N–H and O–H groups in total. The van der Waals surface area contributed by atoms with Crippen LogP contribution in [-0.2, 0) is 17.8 Å². The Morgan fingerprint density at radius 2 is 1.87 bits per heavy atom. The van der Waals surface area contributed by atoms with Crippen molar-refractivity contribution in [3.05, 3.63) is 64.7 Å². The molecule has 0 aliphatic carbocycles. The standard InChI is InChI=1S/C18H21ClN2O2/c1-23-17-5-3-2-4-15(17)12-20-13-18(22)21-11-10-14-6-8-16(19)9-7-14/h2-9,20H,10-13H2,1H3,(H,21,22). The van der Waals surface area contributed by atoms with Gasteiger partial charge in [-0.1, -0.05) is 41.9 Å². The summed E-state index contributed by atoms with van der Waals surface area (Å²) in [6.07, 6.45) is 0.787. The molecule has 2 aromatic rings. The first kappa shape index (κ1) is 17.3. The van der Waals surface area contributed by atoms with E-state index in [4.69, 9.17) is 16.3 Å². The van der Waals surface area contributed by atoms with Crippen LogP contribution in [0.15, 0.2) is 48.5 Å². The number of carbonyl (C=O) groups excluding carboxylic acids is 1. The Kier molecular flexibility index (Phi) is 6.91. The number of halogens is 1. The van der Waals surface area contributed by atoms with Gasteiger partial charge in [0.05, 0.1) is 13.7 Å². The van der Waals surface area contributed by atoms with Gasteiger partial charge >= 0.3 is 0 Å². The third kappa shape index (κ3) is 5.93. The van der Waals surface area contributed by atoms with Crippen molar-refractivity contribution < 1.29 is 9.53 Å². The molecule has 0 fully saturated rings. The maximum Gasteiger partial charge on any atom is 0.233 e. The summed E-state index contributed by atoms with van der Waals surface area (Å²) < 4.78 is 5.28. The second-order valence-electron chi connectivity index (χ2n) is 5.14. The van der Waals surface area contributed by atoms with Gasteiger partial charge in [0.25, 0.3) is 0 Å². The van der Waals surface area contributed by atoms with Gasteiger partial charge in [0, 0.05) is 23.7 Å². The monoisotopic (exact) mass is 332 g/mol. The van der Waals surface area contributed by atoms with Crippen LogP contribution in [-0.4, -0.2) is 26.1 Å². The van der Waals surface area contributed by atoms with E-state index in [2.05, 4.69) is 10.6 Å². The van der Waals surface area contributed by atoms with Crippen molar-refractivity contribution in [3.63, 3.8) is 0 Å². The fourth-order valence-electron chi connectivity index (χ4n) is 2.22. The molecule has 122 valence electrons. The lowest BCUT2D eigenvalue weighted by Crippen LogP contribution is -2.34. The van der Waals surface area contributed by atoms with Crippen LogP contribution in [0.1, 0.15) is 11.1 Å². The normalized spacial score (nSPS) is 10.3. The van der Waals surface area contributed by atoms with E-state index in [1.54, 1.807) is 7.11 Å². The molecule has 0 spiro atoms. The molecule has 0 heterocycles. The summed E-state index contributed by atoms with van der Waals surface area (Å²) in [5, 5.41) is 6.74. The largest absolute Gasteiger partial charge is 0.496 e. The summed E-state index contributed by atoms with van der Waals surface area (Å²) in [7, 11) is 1.64. The summed E-state index contributed by atoms with van der Waals surface area (Å²) in [6, 6.07) is 15.4. The molecule has 0 radical (unpaired) electrons. The predicted molar refractivity (Wildman–Crippen MR) is 92.9 cm³/mol. The first-order valence-corrected chi connectivity index (χ1v) is 7.90. The van der Waals surface area contributed by atoms with Crippen LogP contribution in [0.25, 0.3) is 0 Å². The zero-order valence-corrected chi connectivity index (χ0v) is 13.9. The maximum absolute atomic E-state index is 11.8. The van der Waals surface area contributed by atoms with Crippen LogP contribution in [0, 0.1) is 0 Å². The van der Waals surface area contributed by atoms with Gasteiger partial charge in [-0.3, -0.25) is 4.79 Å². The van der Waals surface area contributed by atoms with E-state index in [1.807, 2.05) is 48.5 Å². The van der Waals surface area contributed by atoms with Crippen molar-refractivity contribution in [1.29, 1.82) is 0 Å². The fraction of sp³-hybridized carbons (Fsp3) is 0.278. The number of hydrogen-bond donors (Lipinski definition) is 2. The molecular weight excluding hydrogens is 312 g/mol. The van der Waals surface area contributed by atoms with Crippen LogP contribution in [0.2, 0.25) is 5.02 Å². The fourth-order valence-corrected chi connectivity index (χ4v) is 2.35. The predicted octanol–water partition coefficient (Wildman–Crippen LogP) is 2.80. The summed E-state index contributed by atoms with van der Waals surface area (Å²) >= 11 is 5.84. The van der Waals surface area contributed by atoms with Crippen molar-refractivity contribution >= 4 is 17.5 Å². The topological polar surface area (TPSA) is 50.4 Å². The number of rotatable bonds is 8. The molecule has 5 heteroatoms. The number of amides is 1. The molecule has 2 rings (SSSR count). The average Bonchev–Trinajstić information content (AvgIpc) is 2.57. The molecule has 2 aromatic carbocycles. The lowest BCUT2D eigenvalue weighted by atomic mass is 10.1. The molecule has 0 aliphatic rings. The van der Waals surface area contributed by atoms with Crippen LogP contribution in [0.5, 0.6) is 5.75 Å². The smallest absolute Gasteiger partial charge is 0.233 e. The molecule has 4 nitrogen and oxygen atoms in total. The molecular formula is C18H21ClN2O2. The second kappa shape index (κ2) is 9.18. The van der Waals surface area contributed by atoms with E-state index >= 15 is 0 Å². The van der Waals surface area contributed by atoms with Gasteiger partial charge in [-0.25, -0.2) is 0 Å². The molecule has 0 saturated heterocycles. The molecule has 0 unspecified atom stereocenters. The van der Waals surface area contributed by atoms with Crippen molar-refractivity contribution in [2.24, 2.45) is 0 Å². The van der Waals surface area contributed by atoms with E-state index in [-0.39, 0.29) is 12.5 Å². The first-order valence-electron chi connectivity index (χ1n) is 7.53. The van der Waals surface area contributed by atoms with Gasteiger partial charge in [0.1, 0.15) is 5.75 Å². The Balaban J connectivity index is 1.66. The molecule has 0 bridgehead atoms. The van der Waals surface area contributed by atoms with Crippen LogP contribution < -0.4 is 15.4 Å². The number of methoxy groups -OCH3 is 1. The van der Waals surface area contributed by atoms with Gasteiger partial charge in [-0.05, 0) is 30.2 Å². The van der Waals surface area contributed by atoms with E-state index in [0.29, 0.717) is 13.1 Å². The van der Waals surface area contributed by atoms with Crippen LogP contribution in [0.4, 0.5) is 0 Å². The van der Waals surface area contributed by atoms with E-state index in [0.717, 1.165) is 28.3 Å². The third-order valence-corrected chi connectivity index (χ3v) is 3.69. The van der Waals surface area contributed by atoms with Gasteiger partial charge in [-0.2, -0.15) is 0 Å². The summed E-state index contributed by atoms with van der Waals surface area (Å²) in [5.74, 6) is 0.803. The minimum Gasteiger partial charge on any atom is -0.496 e. The zero-order valence-electron chi connectivity index (χ0n) is 13.1. The van der Waals surface area contributed by atoms with Crippen molar-refractivity contribution in [2.75, 3.05) is 20.2 Å². The summed E-state index contributed by atoms with van der Waals surface area (Å²) in [5.41, 5.74) is 2.18. The number of nitrogens with one attached hydrogen (secondary N) is 2. The van der Waals surface area contributed by atoms with Crippen molar-refractivity contribution in [2.45, 2.75) is 13.0 Å². The second-order valence-corrected chi connectivity index (χ2v) is 5.58. The number of hydrogen-bond acceptors (Lipinski definition) is 3. The summed E-state index contributed by atoms with van der Waals surface area (Å²) in [6.45, 7) is 1.48. The highest BCUT2D eigenvalue weighted by Crippen LogP contribution is 2.16. The summed E-state index contributed by atoms with van der Waals surface area (Å²) in [4.78, 5) is 11.8. The highest BCUT2D eigenvalue weighted by molar-refractivity contribution is 6.30. The maximum atomic E-state index is 11.8. The quantitative estimate of drug-likeness (QED) is 0.781. The highest BCUT2D eigenvalue weighted by Gasteiger charge is 2.04. The van der Waals surface area contributed by atoms with Gasteiger partial charge in [0.2, 0.25) is 5.91 Å². The SMILES string of the molecule is COc1ccccc1CNCC(=O)NCCc1ccc(Cl)cc1. The zero-order chi connectivity index (χ0) is 16.5. The average molecular weight is 333 g/mol. The Hall–Kier alpha value is -2.04. The Labute approximate surface area is 141 Å². The van der Waals surface area contributed by atoms with Crippen molar-refractivity contribution in [1.82, 2.24) is 10.6 Å². The van der Waals surface area contributed by atoms with Gasteiger partial charge in [-0.15, -0.1) is 0 Å². The Bertz CT molecular complexity index is 629. The number of carbonyl (C=O) groups is 1. The Morgan fingerprint density at radius 3 is 2.61 bits per heavy atom. The highest BCUT2D eigenvalue weighted by atomic mass is 35.5. The number of para-hydroxylation sites is 1. The first-order chi connectivity index (χ1) is 11.2. The minimum absolute atomic E-state index is 0.0196. The molecule has 0 atom stereocenters. The lowest BCUT2D eigenvalue weighted by molar-refractivity contribution is -0.120. The lowest BCUT2D eigenvalue weighted by Gasteiger charge is -2.10. The third-order valence-electron chi connectivity index (χ3n) is 3.44. The van der Waals surface area contributed by atoms with Gasteiger partial charge in [0.15, 0.2) is 0 Å². The van der Waals surface area contributed by atoms with Crippen LogP contribution >= 0.6 is 11.6 Å². The molecule has 0 saturated carbocycles. The van der Waals surface area contributed by atoms with Crippen LogP contribution in [0.3, 0.4) is 0 Å². The molecule has 0 aromatic heterocycles. The Morgan fingerprint density at radius 1 is 1.13 bits per heavy atom.